The zero-order valence-corrected chi connectivity index (χ0v) is 17.9. The summed E-state index contributed by atoms with van der Waals surface area (Å²) in [5.41, 5.74) is -0.479. The summed E-state index contributed by atoms with van der Waals surface area (Å²) in [7, 11) is 3.81. The van der Waals surface area contributed by atoms with E-state index in [0.717, 1.165) is 0 Å². The first kappa shape index (κ1) is 30.6. The Balaban J connectivity index is -0.000000130. The molecule has 0 saturated heterocycles. The van der Waals surface area contributed by atoms with Gasteiger partial charge in [0.05, 0.1) is 35.0 Å². The quantitative estimate of drug-likeness (QED) is 0.279. The van der Waals surface area contributed by atoms with Crippen molar-refractivity contribution in [1.29, 1.82) is 0 Å². The predicted molar refractivity (Wildman–Crippen MR) is 81.1 cm³/mol. The van der Waals surface area contributed by atoms with E-state index in [1.165, 1.54) is 42.1 Å². The van der Waals surface area contributed by atoms with Crippen LogP contribution in [0.1, 0.15) is 20.8 Å². The zero-order valence-electron chi connectivity index (χ0n) is 14.6. The van der Waals surface area contributed by atoms with Crippen molar-refractivity contribution in [1.82, 2.24) is 0 Å². The van der Waals surface area contributed by atoms with Gasteiger partial charge in [0.25, 0.3) is 0 Å². The number of rotatable bonds is 6. The van der Waals surface area contributed by atoms with E-state index in [2.05, 4.69) is 30.0 Å². The molecule has 138 valence electrons. The predicted octanol–water partition coefficient (Wildman–Crippen LogP) is -4.10. The van der Waals surface area contributed by atoms with Crippen LogP contribution in [0, 0.1) is 0 Å². The zero-order chi connectivity index (χ0) is 19.7. The van der Waals surface area contributed by atoms with Crippen LogP contribution in [0.3, 0.4) is 0 Å². The summed E-state index contributed by atoms with van der Waals surface area (Å²) >= 11 is 0. The maximum Gasteiger partial charge on any atom is 3.00 e. The van der Waals surface area contributed by atoms with Crippen molar-refractivity contribution >= 4 is 60.9 Å². The van der Waals surface area contributed by atoms with Crippen molar-refractivity contribution in [3.8, 4) is 0 Å². The molecule has 0 unspecified atom stereocenters. The summed E-state index contributed by atoms with van der Waals surface area (Å²) in [4.78, 5) is 41.7. The Hall–Kier alpha value is -2.31. The Morgan fingerprint density at radius 1 is 0.600 bits per heavy atom. The van der Waals surface area contributed by atoms with Crippen molar-refractivity contribution < 1.29 is 44.2 Å². The van der Waals surface area contributed by atoms with E-state index >= 15 is 0 Å². The molecule has 0 atom stereocenters. The Bertz CT molecular complexity index is 433. The van der Waals surface area contributed by atoms with E-state index < -0.39 is 17.9 Å². The van der Waals surface area contributed by atoms with Crippen LogP contribution in [0.2, 0.25) is 0 Å². The number of nitrogens with zero attached hydrogens (tertiary/aromatic N) is 3. The molecule has 0 fully saturated rings. The standard InChI is InChI=1S/3C4H7NO3.In/c3*1-3(4(6)7)5-8-2;/h3*1-2H3,(H,6,7);/q;;;+3/p-3/b3*5-3+;. The fourth-order valence-electron chi connectivity index (χ4n) is 0.523. The molecule has 0 aliphatic rings. The monoisotopic (exact) mass is 463 g/mol. The van der Waals surface area contributed by atoms with Gasteiger partial charge >= 0.3 is 25.8 Å². The Kier molecular flexibility index (Phi) is 24.1. The van der Waals surface area contributed by atoms with E-state index in [4.69, 9.17) is 0 Å². The van der Waals surface area contributed by atoms with E-state index in [-0.39, 0.29) is 43.0 Å². The van der Waals surface area contributed by atoms with Gasteiger partial charge in [-0.15, -0.1) is 0 Å². The van der Waals surface area contributed by atoms with Crippen molar-refractivity contribution in [2.75, 3.05) is 21.3 Å². The van der Waals surface area contributed by atoms with Gasteiger partial charge in [-0.1, -0.05) is 15.5 Å². The number of carbonyl (C=O) groups is 3. The Labute approximate surface area is 162 Å². The van der Waals surface area contributed by atoms with Gasteiger partial charge in [-0.05, 0) is 20.8 Å². The fraction of sp³-hybridized carbons (Fsp3) is 0.500. The molecule has 0 heterocycles. The number of carboxylic acid groups (broad SMARTS) is 3. The third-order valence-electron chi connectivity index (χ3n) is 1.57. The van der Waals surface area contributed by atoms with Gasteiger partial charge in [-0.2, -0.15) is 0 Å². The van der Waals surface area contributed by atoms with Crippen LogP contribution in [-0.4, -0.2) is 82.2 Å². The molecule has 0 N–H and O–H groups in total. The molecule has 25 heavy (non-hydrogen) atoms. The van der Waals surface area contributed by atoms with Crippen LogP contribution in [-0.2, 0) is 28.9 Å². The summed E-state index contributed by atoms with van der Waals surface area (Å²) in [6.45, 7) is 3.87. The molecule has 0 radical (unpaired) electrons. The number of carbonyl (C=O) groups excluding carboxylic acids is 3. The average molecular weight is 463 g/mol. The summed E-state index contributed by atoms with van der Waals surface area (Å²) in [5, 5.41) is 38.5. The van der Waals surface area contributed by atoms with E-state index in [1.807, 2.05) is 0 Å². The van der Waals surface area contributed by atoms with Crippen LogP contribution in [0.5, 0.6) is 0 Å². The third-order valence-corrected chi connectivity index (χ3v) is 1.57. The molecule has 0 bridgehead atoms. The molecule has 12 nitrogen and oxygen atoms in total. The first-order valence-corrected chi connectivity index (χ1v) is 5.92. The normalized spacial score (nSPS) is 10.6. The molecular weight excluding hydrogens is 445 g/mol. The smallest absolute Gasteiger partial charge is 0.543 e. The molecule has 0 aliphatic carbocycles. The topological polar surface area (TPSA) is 185 Å². The van der Waals surface area contributed by atoms with Gasteiger partial charge in [0, 0.05) is 0 Å². The second-order valence-corrected chi connectivity index (χ2v) is 3.44. The van der Waals surface area contributed by atoms with Crippen LogP contribution in [0.25, 0.3) is 0 Å². The first-order chi connectivity index (χ1) is 11.0. The minimum atomic E-state index is -1.31. The van der Waals surface area contributed by atoms with Crippen molar-refractivity contribution in [2.24, 2.45) is 15.5 Å². The van der Waals surface area contributed by atoms with E-state index in [9.17, 15) is 29.7 Å². The average Bonchev–Trinajstić information content (AvgIpc) is 2.49. The maximum atomic E-state index is 9.77. The van der Waals surface area contributed by atoms with Crippen molar-refractivity contribution in [2.45, 2.75) is 20.8 Å². The molecule has 0 aromatic heterocycles. The van der Waals surface area contributed by atoms with Crippen LogP contribution >= 0.6 is 0 Å². The summed E-state index contributed by atoms with van der Waals surface area (Å²) < 4.78 is 0. The molecule has 0 aromatic carbocycles. The van der Waals surface area contributed by atoms with Crippen LogP contribution in [0.4, 0.5) is 0 Å². The van der Waals surface area contributed by atoms with Crippen LogP contribution in [0.15, 0.2) is 15.5 Å². The van der Waals surface area contributed by atoms with Crippen LogP contribution < -0.4 is 15.3 Å². The van der Waals surface area contributed by atoms with Gasteiger partial charge in [0.15, 0.2) is 0 Å². The number of hydrogen-bond donors (Lipinski definition) is 0. The largest absolute Gasteiger partial charge is 3.00 e. The van der Waals surface area contributed by atoms with Gasteiger partial charge in [0.1, 0.15) is 21.3 Å². The molecule has 0 aromatic rings. The van der Waals surface area contributed by atoms with E-state index in [0.29, 0.717) is 0 Å². The number of hydrogen-bond acceptors (Lipinski definition) is 12. The third kappa shape index (κ3) is 24.1. The first-order valence-electron chi connectivity index (χ1n) is 5.92. The summed E-state index contributed by atoms with van der Waals surface area (Å²) in [6.07, 6.45) is 0. The van der Waals surface area contributed by atoms with Crippen molar-refractivity contribution in [3.63, 3.8) is 0 Å². The number of carboxylic acids is 3. The minimum absolute atomic E-state index is 0. The summed E-state index contributed by atoms with van der Waals surface area (Å²) in [6, 6.07) is 0. The summed E-state index contributed by atoms with van der Waals surface area (Å²) in [5.74, 6) is -3.94. The SMILES string of the molecule is CO/N=C(\C)C(=O)[O-].CO/N=C(\C)C(=O)[O-].CO/N=C(\C)C(=O)[O-].[In+3]. The van der Waals surface area contributed by atoms with Gasteiger partial charge < -0.3 is 44.2 Å². The van der Waals surface area contributed by atoms with Gasteiger partial charge in [-0.3, -0.25) is 0 Å². The van der Waals surface area contributed by atoms with E-state index in [1.54, 1.807) is 0 Å². The Morgan fingerprint density at radius 3 is 0.800 bits per heavy atom. The molecule has 13 heteroatoms. The maximum absolute atomic E-state index is 9.77. The second-order valence-electron chi connectivity index (χ2n) is 3.44. The van der Waals surface area contributed by atoms with Crippen molar-refractivity contribution in [3.05, 3.63) is 0 Å². The van der Waals surface area contributed by atoms with Gasteiger partial charge in [0.2, 0.25) is 0 Å². The Morgan fingerprint density at radius 2 is 0.760 bits per heavy atom. The molecule has 0 aliphatic heterocycles. The fourth-order valence-corrected chi connectivity index (χ4v) is 0.523. The minimum Gasteiger partial charge on any atom is -0.543 e. The molecule has 0 saturated carbocycles. The van der Waals surface area contributed by atoms with Gasteiger partial charge in [-0.25, -0.2) is 0 Å². The molecule has 0 spiro atoms. The molecule has 0 amide bonds. The molecule has 0 rings (SSSR count). The molecular formula is C12H18InN3O9. The second kappa shape index (κ2) is 19.7. The number of aliphatic carboxylic acids is 3. The number of oxime groups is 3.